The number of aliphatic hydroxyl groups is 1. The van der Waals surface area contributed by atoms with Gasteiger partial charge in [0.2, 0.25) is 0 Å². The summed E-state index contributed by atoms with van der Waals surface area (Å²) < 4.78 is 0. The predicted molar refractivity (Wildman–Crippen MR) is 84.1 cm³/mol. The molecular formula is C17H26N2O2. The van der Waals surface area contributed by atoms with Crippen molar-refractivity contribution in [1.29, 1.82) is 0 Å². The Morgan fingerprint density at radius 3 is 2.90 bits per heavy atom. The summed E-state index contributed by atoms with van der Waals surface area (Å²) in [6.45, 7) is 4.39. The quantitative estimate of drug-likeness (QED) is 0.781. The lowest BCUT2D eigenvalue weighted by atomic mass is 9.88. The van der Waals surface area contributed by atoms with Crippen LogP contribution in [0.3, 0.4) is 0 Å². The highest BCUT2D eigenvalue weighted by atomic mass is 16.3. The summed E-state index contributed by atoms with van der Waals surface area (Å²) in [5, 5.41) is 15.3. The predicted octanol–water partition coefficient (Wildman–Crippen LogP) is 2.77. The van der Waals surface area contributed by atoms with Gasteiger partial charge in [0.1, 0.15) is 0 Å². The minimum absolute atomic E-state index is 0.113. The zero-order valence-corrected chi connectivity index (χ0v) is 12.9. The first-order chi connectivity index (χ1) is 10.1. The highest BCUT2D eigenvalue weighted by Gasteiger charge is 2.21. The van der Waals surface area contributed by atoms with Crippen molar-refractivity contribution < 1.29 is 9.90 Å². The molecule has 4 nitrogen and oxygen atoms in total. The fourth-order valence-corrected chi connectivity index (χ4v) is 3.05. The third-order valence-corrected chi connectivity index (χ3v) is 4.03. The second-order valence-electron chi connectivity index (χ2n) is 6.19. The maximum absolute atomic E-state index is 12.0. The summed E-state index contributed by atoms with van der Waals surface area (Å²) in [7, 11) is 0. The molecule has 2 amide bonds. The van der Waals surface area contributed by atoms with Gasteiger partial charge in [0.15, 0.2) is 0 Å². The second kappa shape index (κ2) is 7.46. The van der Waals surface area contributed by atoms with Crippen molar-refractivity contribution in [3.05, 3.63) is 35.4 Å². The number of rotatable bonds is 5. The second-order valence-corrected chi connectivity index (χ2v) is 6.19. The number of hydrogen-bond acceptors (Lipinski definition) is 2. The SMILES string of the molecule is CC(O)CC(C)CNC(=O)NC1CCCc2ccccc21. The average Bonchev–Trinajstić information content (AvgIpc) is 2.45. The lowest BCUT2D eigenvalue weighted by Crippen LogP contribution is -2.41. The maximum Gasteiger partial charge on any atom is 0.315 e. The van der Waals surface area contributed by atoms with Crippen LogP contribution in [0.1, 0.15) is 50.3 Å². The molecule has 0 aromatic heterocycles. The van der Waals surface area contributed by atoms with Crippen LogP contribution in [0.15, 0.2) is 24.3 Å². The van der Waals surface area contributed by atoms with E-state index in [2.05, 4.69) is 28.8 Å². The first-order valence-corrected chi connectivity index (χ1v) is 7.86. The number of nitrogens with one attached hydrogen (secondary N) is 2. The van der Waals surface area contributed by atoms with Gasteiger partial charge in [-0.3, -0.25) is 0 Å². The summed E-state index contributed by atoms with van der Waals surface area (Å²) in [5.74, 6) is 0.273. The molecule has 4 heteroatoms. The molecule has 3 atom stereocenters. The van der Waals surface area contributed by atoms with Crippen LogP contribution in [0.25, 0.3) is 0 Å². The van der Waals surface area contributed by atoms with Crippen molar-refractivity contribution in [3.63, 3.8) is 0 Å². The van der Waals surface area contributed by atoms with Gasteiger partial charge in [-0.15, -0.1) is 0 Å². The number of amides is 2. The number of aryl methyl sites for hydroxylation is 1. The van der Waals surface area contributed by atoms with Crippen LogP contribution < -0.4 is 10.6 Å². The van der Waals surface area contributed by atoms with Crippen molar-refractivity contribution in [2.24, 2.45) is 5.92 Å². The molecule has 1 aromatic carbocycles. The molecule has 0 heterocycles. The van der Waals surface area contributed by atoms with Gasteiger partial charge in [-0.25, -0.2) is 4.79 Å². The number of carbonyl (C=O) groups is 1. The van der Waals surface area contributed by atoms with Gasteiger partial charge in [0, 0.05) is 6.54 Å². The van der Waals surface area contributed by atoms with Gasteiger partial charge >= 0.3 is 6.03 Å². The van der Waals surface area contributed by atoms with Gasteiger partial charge in [0.25, 0.3) is 0 Å². The minimum Gasteiger partial charge on any atom is -0.393 e. The third-order valence-electron chi connectivity index (χ3n) is 4.03. The van der Waals surface area contributed by atoms with Gasteiger partial charge in [-0.1, -0.05) is 31.2 Å². The fourth-order valence-electron chi connectivity index (χ4n) is 3.05. The summed E-state index contributed by atoms with van der Waals surface area (Å²) in [5.41, 5.74) is 2.59. The van der Waals surface area contributed by atoms with Crippen molar-refractivity contribution in [1.82, 2.24) is 10.6 Å². The van der Waals surface area contributed by atoms with E-state index in [0.29, 0.717) is 13.0 Å². The Hall–Kier alpha value is -1.55. The van der Waals surface area contributed by atoms with E-state index >= 15 is 0 Å². The van der Waals surface area contributed by atoms with Crippen LogP contribution >= 0.6 is 0 Å². The van der Waals surface area contributed by atoms with E-state index in [9.17, 15) is 9.90 Å². The molecule has 1 aliphatic rings. The smallest absolute Gasteiger partial charge is 0.315 e. The van der Waals surface area contributed by atoms with Crippen molar-refractivity contribution in [3.8, 4) is 0 Å². The molecule has 0 fully saturated rings. The van der Waals surface area contributed by atoms with Crippen molar-refractivity contribution in [2.45, 2.75) is 51.7 Å². The zero-order chi connectivity index (χ0) is 15.2. The normalized spacial score (nSPS) is 20.2. The zero-order valence-electron chi connectivity index (χ0n) is 12.9. The van der Waals surface area contributed by atoms with Gasteiger partial charge in [-0.05, 0) is 49.7 Å². The van der Waals surface area contributed by atoms with E-state index in [1.807, 2.05) is 13.0 Å². The first kappa shape index (κ1) is 15.8. The molecule has 0 saturated heterocycles. The van der Waals surface area contributed by atoms with E-state index in [0.717, 1.165) is 19.3 Å². The molecule has 1 aromatic rings. The summed E-state index contributed by atoms with van der Waals surface area (Å²) >= 11 is 0. The number of aliphatic hydroxyl groups excluding tert-OH is 1. The van der Waals surface area contributed by atoms with Crippen LogP contribution in [0.4, 0.5) is 4.79 Å². The third kappa shape index (κ3) is 4.74. The molecule has 2 rings (SSSR count). The molecule has 3 unspecified atom stereocenters. The highest BCUT2D eigenvalue weighted by molar-refractivity contribution is 5.74. The van der Waals surface area contributed by atoms with Crippen LogP contribution in [-0.2, 0) is 6.42 Å². The van der Waals surface area contributed by atoms with E-state index < -0.39 is 0 Å². The van der Waals surface area contributed by atoms with Crippen LogP contribution in [0.2, 0.25) is 0 Å². The van der Waals surface area contributed by atoms with Crippen molar-refractivity contribution in [2.75, 3.05) is 6.54 Å². The molecule has 0 radical (unpaired) electrons. The van der Waals surface area contributed by atoms with Crippen molar-refractivity contribution >= 4 is 6.03 Å². The Bertz CT molecular complexity index is 474. The number of fused-ring (bicyclic) bond motifs is 1. The van der Waals surface area contributed by atoms with Gasteiger partial charge < -0.3 is 15.7 Å². The Morgan fingerprint density at radius 1 is 1.38 bits per heavy atom. The van der Waals surface area contributed by atoms with E-state index in [1.165, 1.54) is 11.1 Å². The van der Waals surface area contributed by atoms with Crippen LogP contribution in [0, 0.1) is 5.92 Å². The Labute approximate surface area is 126 Å². The Morgan fingerprint density at radius 2 is 2.14 bits per heavy atom. The lowest BCUT2D eigenvalue weighted by molar-refractivity contribution is 0.163. The van der Waals surface area contributed by atoms with E-state index in [-0.39, 0.29) is 24.1 Å². The maximum atomic E-state index is 12.0. The van der Waals surface area contributed by atoms with Gasteiger partial charge in [0.05, 0.1) is 12.1 Å². The minimum atomic E-state index is -0.324. The molecule has 3 N–H and O–H groups in total. The number of urea groups is 1. The summed E-state index contributed by atoms with van der Waals surface area (Å²) in [6.07, 6.45) is 3.58. The average molecular weight is 290 g/mol. The number of carbonyl (C=O) groups excluding carboxylic acids is 1. The van der Waals surface area contributed by atoms with E-state index in [1.54, 1.807) is 6.92 Å². The number of benzene rings is 1. The topological polar surface area (TPSA) is 61.4 Å². The Kier molecular flexibility index (Phi) is 5.62. The lowest BCUT2D eigenvalue weighted by Gasteiger charge is -2.26. The van der Waals surface area contributed by atoms with Crippen LogP contribution in [-0.4, -0.2) is 23.8 Å². The molecule has 116 valence electrons. The molecule has 0 bridgehead atoms. The van der Waals surface area contributed by atoms with Crippen LogP contribution in [0.5, 0.6) is 0 Å². The molecule has 21 heavy (non-hydrogen) atoms. The summed E-state index contributed by atoms with van der Waals surface area (Å²) in [6, 6.07) is 8.33. The standard InChI is InChI=1S/C17H26N2O2/c1-12(10-13(2)20)11-18-17(21)19-16-9-5-7-14-6-3-4-8-15(14)16/h3-4,6,8,12-13,16,20H,5,7,9-11H2,1-2H3,(H2,18,19,21). The first-order valence-electron chi connectivity index (χ1n) is 7.86. The molecule has 0 spiro atoms. The largest absolute Gasteiger partial charge is 0.393 e. The number of hydrogen-bond donors (Lipinski definition) is 3. The molecular weight excluding hydrogens is 264 g/mol. The summed E-state index contributed by atoms with van der Waals surface area (Å²) in [4.78, 5) is 12.0. The van der Waals surface area contributed by atoms with Gasteiger partial charge in [-0.2, -0.15) is 0 Å². The molecule has 0 saturated carbocycles. The molecule has 0 aliphatic heterocycles. The fraction of sp³-hybridized carbons (Fsp3) is 0.588. The Balaban J connectivity index is 1.84. The monoisotopic (exact) mass is 290 g/mol. The molecule has 1 aliphatic carbocycles. The highest BCUT2D eigenvalue weighted by Crippen LogP contribution is 2.29. The van der Waals surface area contributed by atoms with E-state index in [4.69, 9.17) is 0 Å².